The average molecular weight is 631 g/mol. The number of carboxylic acids is 1. The lowest BCUT2D eigenvalue weighted by Gasteiger charge is -2.49. The highest BCUT2D eigenvalue weighted by atomic mass is 32.2. The number of ether oxygens (including phenoxy) is 2. The number of nitrogens with zero attached hydrogens (tertiary/aromatic N) is 2. The van der Waals surface area contributed by atoms with E-state index in [1.54, 1.807) is 32.9 Å². The molecule has 2 aromatic rings. The summed E-state index contributed by atoms with van der Waals surface area (Å²) in [5.74, 6) is -3.17. The number of fused-ring (bicyclic) bond motifs is 1. The highest BCUT2D eigenvalue weighted by Gasteiger charge is 2.54. The van der Waals surface area contributed by atoms with Crippen molar-refractivity contribution in [3.05, 3.63) is 64.3 Å². The first kappa shape index (κ1) is 31.7. The molecular formula is C28H30N4O9S2. The number of anilines is 1. The van der Waals surface area contributed by atoms with Crippen molar-refractivity contribution < 1.29 is 43.7 Å². The van der Waals surface area contributed by atoms with Crippen molar-refractivity contribution in [1.29, 1.82) is 0 Å². The van der Waals surface area contributed by atoms with Gasteiger partial charge in [0.15, 0.2) is 5.13 Å². The van der Waals surface area contributed by atoms with E-state index in [0.29, 0.717) is 0 Å². The van der Waals surface area contributed by atoms with Crippen LogP contribution in [0.2, 0.25) is 0 Å². The number of rotatable bonds is 10. The zero-order chi connectivity index (χ0) is 31.3. The number of nitrogens with one attached hydrogen (secondary N) is 2. The number of aliphatic hydroxyl groups is 1. The van der Waals surface area contributed by atoms with Crippen LogP contribution in [0.5, 0.6) is 0 Å². The number of thiazole rings is 1. The second-order valence-corrected chi connectivity index (χ2v) is 12.4. The molecule has 0 unspecified atom stereocenters. The first-order valence-corrected chi connectivity index (χ1v) is 15.0. The predicted molar refractivity (Wildman–Crippen MR) is 158 cm³/mol. The van der Waals surface area contributed by atoms with Crippen LogP contribution in [0.3, 0.4) is 0 Å². The summed E-state index contributed by atoms with van der Waals surface area (Å²) in [4.78, 5) is 68.2. The zero-order valence-electron chi connectivity index (χ0n) is 23.5. The lowest BCUT2D eigenvalue weighted by atomic mass is 10.0. The van der Waals surface area contributed by atoms with Crippen LogP contribution in [0.1, 0.15) is 38.4 Å². The van der Waals surface area contributed by atoms with Gasteiger partial charge in [-0.1, -0.05) is 36.4 Å². The third-order valence-electron chi connectivity index (χ3n) is 6.07. The summed E-state index contributed by atoms with van der Waals surface area (Å²) in [5.41, 5.74) is 0.0169. The largest absolute Gasteiger partial charge is 0.477 e. The van der Waals surface area contributed by atoms with Crippen molar-refractivity contribution >= 4 is 63.6 Å². The van der Waals surface area contributed by atoms with Crippen molar-refractivity contribution in [2.24, 2.45) is 0 Å². The summed E-state index contributed by atoms with van der Waals surface area (Å²) in [6, 6.07) is 8.02. The Hall–Kier alpha value is -4.21. The maximum Gasteiger partial charge on any atom is 0.413 e. The molecule has 0 aliphatic carbocycles. The van der Waals surface area contributed by atoms with Crippen LogP contribution >= 0.6 is 23.1 Å². The highest BCUT2D eigenvalue weighted by molar-refractivity contribution is 8.00. The van der Waals surface area contributed by atoms with E-state index in [9.17, 15) is 34.2 Å². The molecule has 2 atom stereocenters. The number of thioether (sulfide) groups is 1. The third kappa shape index (κ3) is 7.80. The molecule has 15 heteroatoms. The Kier molecular flexibility index (Phi) is 9.88. The first-order valence-electron chi connectivity index (χ1n) is 13.0. The zero-order valence-corrected chi connectivity index (χ0v) is 25.1. The van der Waals surface area contributed by atoms with Gasteiger partial charge in [-0.05, 0) is 31.9 Å². The molecule has 13 nitrogen and oxygen atoms in total. The quantitative estimate of drug-likeness (QED) is 0.172. The fraction of sp³-hybridized carbons (Fsp3) is 0.357. The van der Waals surface area contributed by atoms with Crippen molar-refractivity contribution in [3.63, 3.8) is 0 Å². The molecule has 1 saturated heterocycles. The molecule has 0 bridgehead atoms. The van der Waals surface area contributed by atoms with Gasteiger partial charge in [0.05, 0.1) is 24.3 Å². The standard InChI is InChI=1S/C28H30N4O9S2/c1-28(2,3)41-19(34)10-9-17(18-14-43-26(29-18)31-27(39)40-12-15-7-5-4-6-8-15)22(35)30-20-23(36)32-21(25(37)38)16(11-33)13-42-24(20)32/h4-9,14,20,24,33H,10-13H2,1-3H3,(H,30,35)(H,37,38)(H,29,31,39)/b17-9+/t20-,24-/m1/s1. The van der Waals surface area contributed by atoms with Gasteiger partial charge in [0.1, 0.15) is 29.3 Å². The van der Waals surface area contributed by atoms with E-state index in [0.717, 1.165) is 21.8 Å². The van der Waals surface area contributed by atoms with E-state index >= 15 is 0 Å². The molecule has 4 N–H and O–H groups in total. The molecule has 1 aromatic heterocycles. The van der Waals surface area contributed by atoms with Gasteiger partial charge in [0.25, 0.3) is 11.8 Å². The van der Waals surface area contributed by atoms with Crippen molar-refractivity contribution in [2.75, 3.05) is 17.7 Å². The number of carbonyl (C=O) groups excluding carboxylic acids is 4. The number of β-lactam (4-membered cyclic amide) rings is 1. The normalized spacial score (nSPS) is 18.4. The third-order valence-corrected chi connectivity index (χ3v) is 8.16. The number of esters is 1. The average Bonchev–Trinajstić information content (AvgIpc) is 3.41. The number of aromatic nitrogens is 1. The van der Waals surface area contributed by atoms with Gasteiger partial charge in [-0.2, -0.15) is 0 Å². The molecule has 0 radical (unpaired) electrons. The summed E-state index contributed by atoms with van der Waals surface area (Å²) < 4.78 is 10.5. The molecule has 2 aliphatic heterocycles. The van der Waals surface area contributed by atoms with Crippen LogP contribution in [-0.4, -0.2) is 79.3 Å². The first-order chi connectivity index (χ1) is 20.4. The molecule has 2 aliphatic rings. The lowest BCUT2D eigenvalue weighted by Crippen LogP contribution is -2.70. The molecule has 1 aromatic carbocycles. The van der Waals surface area contributed by atoms with Crippen molar-refractivity contribution in [1.82, 2.24) is 15.2 Å². The molecular weight excluding hydrogens is 600 g/mol. The van der Waals surface area contributed by atoms with Crippen LogP contribution in [0.25, 0.3) is 5.57 Å². The van der Waals surface area contributed by atoms with Crippen LogP contribution < -0.4 is 10.6 Å². The van der Waals surface area contributed by atoms with Crippen molar-refractivity contribution in [3.8, 4) is 0 Å². The van der Waals surface area contributed by atoms with Gasteiger partial charge in [-0.25, -0.2) is 14.6 Å². The summed E-state index contributed by atoms with van der Waals surface area (Å²) in [5, 5.41) is 25.2. The number of benzene rings is 1. The maximum absolute atomic E-state index is 13.5. The number of hydrogen-bond acceptors (Lipinski definition) is 11. The topological polar surface area (TPSA) is 184 Å². The number of carbonyl (C=O) groups is 5. The molecule has 3 amide bonds. The molecule has 4 rings (SSSR count). The smallest absolute Gasteiger partial charge is 0.413 e. The second kappa shape index (κ2) is 13.4. The minimum Gasteiger partial charge on any atom is -0.477 e. The van der Waals surface area contributed by atoms with Crippen molar-refractivity contribution in [2.45, 2.75) is 50.8 Å². The van der Waals surface area contributed by atoms with Crippen LogP contribution in [0.15, 0.2) is 53.1 Å². The number of amides is 3. The summed E-state index contributed by atoms with van der Waals surface area (Å²) in [7, 11) is 0. The fourth-order valence-corrected chi connectivity index (χ4v) is 6.24. The van der Waals surface area contributed by atoms with Gasteiger partial charge >= 0.3 is 18.0 Å². The highest BCUT2D eigenvalue weighted by Crippen LogP contribution is 2.40. The Bertz CT molecular complexity index is 1480. The van der Waals surface area contributed by atoms with Gasteiger partial charge in [-0.3, -0.25) is 24.6 Å². The summed E-state index contributed by atoms with van der Waals surface area (Å²) >= 11 is 2.23. The monoisotopic (exact) mass is 630 g/mol. The lowest BCUT2D eigenvalue weighted by molar-refractivity contribution is -0.153. The minimum absolute atomic E-state index is 0.0402. The number of hydrogen-bond donors (Lipinski definition) is 4. The van der Waals surface area contributed by atoms with Gasteiger partial charge in [0, 0.05) is 11.1 Å². The Labute approximate surface area is 254 Å². The Morgan fingerprint density at radius 2 is 1.91 bits per heavy atom. The number of aliphatic carboxylic acids is 1. The van der Waals surface area contributed by atoms with E-state index in [2.05, 4.69) is 15.6 Å². The number of carboxylic acid groups (broad SMARTS) is 1. The van der Waals surface area contributed by atoms with E-state index in [4.69, 9.17) is 9.47 Å². The van der Waals surface area contributed by atoms with E-state index in [1.807, 2.05) is 18.2 Å². The van der Waals surface area contributed by atoms with E-state index in [1.165, 1.54) is 23.2 Å². The molecule has 228 valence electrons. The molecule has 0 saturated carbocycles. The predicted octanol–water partition coefficient (Wildman–Crippen LogP) is 2.74. The fourth-order valence-electron chi connectivity index (χ4n) is 4.21. The van der Waals surface area contributed by atoms with Gasteiger partial charge in [-0.15, -0.1) is 23.1 Å². The molecule has 43 heavy (non-hydrogen) atoms. The van der Waals surface area contributed by atoms with Gasteiger partial charge in [0.2, 0.25) is 0 Å². The second-order valence-electron chi connectivity index (χ2n) is 10.4. The van der Waals surface area contributed by atoms with Gasteiger partial charge < -0.3 is 25.0 Å². The number of aliphatic hydroxyl groups excluding tert-OH is 1. The van der Waals surface area contributed by atoms with Crippen LogP contribution in [0, 0.1) is 0 Å². The minimum atomic E-state index is -1.35. The van der Waals surface area contributed by atoms with Crippen LogP contribution in [0.4, 0.5) is 9.93 Å². The van der Waals surface area contributed by atoms with E-state index < -0.39 is 53.5 Å². The Morgan fingerprint density at radius 1 is 1.19 bits per heavy atom. The van der Waals surface area contributed by atoms with Crippen LogP contribution in [-0.2, 0) is 35.3 Å². The SMILES string of the molecule is CC(C)(C)OC(=O)C/C=C(/C(=O)N[C@@H]1C(=O)N2C(C(=O)O)=C(CO)CS[C@H]12)c1csc(NC(=O)OCc2ccccc2)n1. The molecule has 0 spiro atoms. The summed E-state index contributed by atoms with van der Waals surface area (Å²) in [6.45, 7) is 4.64. The Balaban J connectivity index is 1.49. The summed E-state index contributed by atoms with van der Waals surface area (Å²) in [6.07, 6.45) is 0.276. The Morgan fingerprint density at radius 3 is 2.56 bits per heavy atom. The maximum atomic E-state index is 13.5. The van der Waals surface area contributed by atoms with E-state index in [-0.39, 0.29) is 46.4 Å². The molecule has 3 heterocycles. The molecule has 1 fully saturated rings.